The van der Waals surface area contributed by atoms with Crippen LogP contribution >= 0.6 is 0 Å². The Bertz CT molecular complexity index is 1630. The molecule has 6 nitrogen and oxygen atoms in total. The predicted molar refractivity (Wildman–Crippen MR) is 138 cm³/mol. The fourth-order valence-corrected chi connectivity index (χ4v) is 4.13. The lowest BCUT2D eigenvalue weighted by Gasteiger charge is -2.27. The Morgan fingerprint density at radius 1 is 0.900 bits per heavy atom. The number of fused-ring (bicyclic) bond motifs is 1. The molecular weight excluding hydrogens is 538 g/mol. The van der Waals surface area contributed by atoms with Crippen molar-refractivity contribution < 1.29 is 31.1 Å². The molecule has 4 aromatic rings. The third-order valence-electron chi connectivity index (χ3n) is 6.66. The molecular formula is C28H24F6N4O2. The largest absolute Gasteiger partial charge is 0.416 e. The van der Waals surface area contributed by atoms with Crippen molar-refractivity contribution in [1.82, 2.24) is 14.5 Å². The van der Waals surface area contributed by atoms with Gasteiger partial charge in [-0.05, 0) is 74.4 Å². The molecule has 0 saturated carbocycles. The van der Waals surface area contributed by atoms with Crippen LogP contribution in [0.5, 0.6) is 0 Å². The summed E-state index contributed by atoms with van der Waals surface area (Å²) >= 11 is 0. The second kappa shape index (κ2) is 10.3. The first-order valence-corrected chi connectivity index (χ1v) is 12.0. The highest BCUT2D eigenvalue weighted by Gasteiger charge is 2.37. The Hall–Kier alpha value is -4.35. The molecule has 1 unspecified atom stereocenters. The zero-order valence-corrected chi connectivity index (χ0v) is 21.8. The maximum Gasteiger partial charge on any atom is 0.416 e. The summed E-state index contributed by atoms with van der Waals surface area (Å²) in [6.45, 7) is 5.31. The van der Waals surface area contributed by atoms with Gasteiger partial charge in [-0.3, -0.25) is 9.36 Å². The van der Waals surface area contributed by atoms with Gasteiger partial charge in [0.15, 0.2) is 0 Å². The van der Waals surface area contributed by atoms with E-state index in [1.807, 2.05) is 19.9 Å². The van der Waals surface area contributed by atoms with Crippen molar-refractivity contribution in [3.8, 4) is 5.69 Å². The first-order chi connectivity index (χ1) is 18.6. The molecule has 1 N–H and O–H groups in total. The number of urea groups is 1. The van der Waals surface area contributed by atoms with Crippen LogP contribution in [0.15, 0.2) is 65.5 Å². The van der Waals surface area contributed by atoms with Crippen LogP contribution in [0.1, 0.15) is 41.0 Å². The maximum atomic E-state index is 13.6. The van der Waals surface area contributed by atoms with Crippen molar-refractivity contribution in [3.63, 3.8) is 0 Å². The van der Waals surface area contributed by atoms with E-state index < -0.39 is 46.8 Å². The van der Waals surface area contributed by atoms with E-state index in [0.717, 1.165) is 16.0 Å². The molecule has 210 valence electrons. The third kappa shape index (κ3) is 5.65. The summed E-state index contributed by atoms with van der Waals surface area (Å²) in [6.07, 6.45) is -10.1. The summed E-state index contributed by atoms with van der Waals surface area (Å²) in [4.78, 5) is 32.3. The van der Waals surface area contributed by atoms with Gasteiger partial charge in [0, 0.05) is 12.7 Å². The number of hydrogen-bond donors (Lipinski definition) is 1. The molecule has 2 amide bonds. The molecule has 0 spiro atoms. The van der Waals surface area contributed by atoms with E-state index in [1.54, 1.807) is 43.3 Å². The lowest BCUT2D eigenvalue weighted by Crippen LogP contribution is -2.37. The Labute approximate surface area is 224 Å². The maximum absolute atomic E-state index is 13.6. The summed E-state index contributed by atoms with van der Waals surface area (Å²) in [6, 6.07) is 10.8. The van der Waals surface area contributed by atoms with E-state index in [1.165, 1.54) is 11.6 Å². The Balaban J connectivity index is 1.77. The number of amides is 2. The van der Waals surface area contributed by atoms with Gasteiger partial charge in [0.1, 0.15) is 5.82 Å². The number of hydrogen-bond acceptors (Lipinski definition) is 3. The van der Waals surface area contributed by atoms with Crippen LogP contribution in [0.2, 0.25) is 0 Å². The molecule has 0 aliphatic rings. The van der Waals surface area contributed by atoms with Gasteiger partial charge in [0.25, 0.3) is 5.56 Å². The number of anilines is 1. The number of carbonyl (C=O) groups is 1. The zero-order chi connectivity index (χ0) is 29.6. The molecule has 12 heteroatoms. The number of alkyl halides is 6. The fraction of sp³-hybridized carbons (Fsp3) is 0.250. The highest BCUT2D eigenvalue weighted by molar-refractivity contribution is 5.89. The fourth-order valence-electron chi connectivity index (χ4n) is 4.13. The molecule has 0 fully saturated rings. The second-order valence-corrected chi connectivity index (χ2v) is 9.41. The summed E-state index contributed by atoms with van der Waals surface area (Å²) < 4.78 is 81.0. The lowest BCUT2D eigenvalue weighted by atomic mass is 10.1. The molecule has 0 bridgehead atoms. The molecule has 1 aromatic heterocycles. The molecule has 0 aliphatic heterocycles. The molecule has 4 rings (SSSR count). The molecule has 0 radical (unpaired) electrons. The number of halogens is 6. The predicted octanol–water partition coefficient (Wildman–Crippen LogP) is 7.27. The van der Waals surface area contributed by atoms with Gasteiger partial charge in [-0.15, -0.1) is 0 Å². The van der Waals surface area contributed by atoms with E-state index in [4.69, 9.17) is 0 Å². The van der Waals surface area contributed by atoms with Crippen molar-refractivity contribution in [2.45, 2.75) is 39.2 Å². The number of aryl methyl sites for hydroxylation is 2. The minimum absolute atomic E-state index is 0.0246. The molecule has 0 aliphatic carbocycles. The Morgan fingerprint density at radius 2 is 1.50 bits per heavy atom. The average molecular weight is 563 g/mol. The van der Waals surface area contributed by atoms with Gasteiger partial charge in [0.2, 0.25) is 0 Å². The molecule has 1 heterocycles. The van der Waals surface area contributed by atoms with E-state index in [2.05, 4.69) is 10.3 Å². The van der Waals surface area contributed by atoms with Gasteiger partial charge >= 0.3 is 18.4 Å². The van der Waals surface area contributed by atoms with Gasteiger partial charge in [0.05, 0.1) is 33.8 Å². The summed E-state index contributed by atoms with van der Waals surface area (Å²) in [5.74, 6) is 0.143. The normalized spacial score (nSPS) is 12.8. The number of carbonyl (C=O) groups excluding carboxylic acids is 1. The van der Waals surface area contributed by atoms with E-state index in [0.29, 0.717) is 28.7 Å². The highest BCUT2D eigenvalue weighted by atomic mass is 19.4. The minimum atomic E-state index is -5.07. The molecule has 0 saturated heterocycles. The second-order valence-electron chi connectivity index (χ2n) is 9.41. The van der Waals surface area contributed by atoms with Crippen molar-refractivity contribution in [2.75, 3.05) is 12.4 Å². The highest BCUT2D eigenvalue weighted by Crippen LogP contribution is 2.37. The average Bonchev–Trinajstić information content (AvgIpc) is 2.88. The number of nitrogens with one attached hydrogen (secondary N) is 1. The quantitative estimate of drug-likeness (QED) is 0.266. The van der Waals surface area contributed by atoms with Crippen molar-refractivity contribution in [2.24, 2.45) is 0 Å². The number of aromatic nitrogens is 2. The van der Waals surface area contributed by atoms with E-state index >= 15 is 0 Å². The summed E-state index contributed by atoms with van der Waals surface area (Å²) in [5, 5.41) is 2.44. The number of nitrogens with zero attached hydrogens (tertiary/aromatic N) is 3. The first-order valence-electron chi connectivity index (χ1n) is 12.0. The van der Waals surface area contributed by atoms with Crippen LogP contribution < -0.4 is 10.9 Å². The lowest BCUT2D eigenvalue weighted by molar-refractivity contribution is -0.143. The van der Waals surface area contributed by atoms with Crippen LogP contribution in [0.4, 0.5) is 36.8 Å². The Morgan fingerprint density at radius 3 is 2.08 bits per heavy atom. The van der Waals surface area contributed by atoms with Crippen LogP contribution in [0, 0.1) is 13.8 Å². The summed E-state index contributed by atoms with van der Waals surface area (Å²) in [7, 11) is 1.30. The van der Waals surface area contributed by atoms with E-state index in [-0.39, 0.29) is 11.9 Å². The zero-order valence-electron chi connectivity index (χ0n) is 21.8. The number of rotatable bonds is 4. The van der Waals surface area contributed by atoms with E-state index in [9.17, 15) is 35.9 Å². The number of benzene rings is 3. The van der Waals surface area contributed by atoms with Crippen molar-refractivity contribution in [1.29, 1.82) is 0 Å². The first kappa shape index (κ1) is 28.7. The van der Waals surface area contributed by atoms with Crippen LogP contribution in [0.3, 0.4) is 0 Å². The van der Waals surface area contributed by atoms with Crippen LogP contribution in [-0.2, 0) is 12.4 Å². The minimum Gasteiger partial charge on any atom is -0.318 e. The van der Waals surface area contributed by atoms with Crippen LogP contribution in [-0.4, -0.2) is 27.5 Å². The number of para-hydroxylation sites is 1. The van der Waals surface area contributed by atoms with Crippen LogP contribution in [0.25, 0.3) is 16.6 Å². The monoisotopic (exact) mass is 562 g/mol. The SMILES string of the molecule is Cc1ccc(-n2c(C(C)N(C)C(=O)Nc3cc(C(F)(F)F)cc(C(F)(F)F)c3)nc3ccccc3c2=O)cc1C. The molecule has 3 aromatic carbocycles. The van der Waals surface area contributed by atoms with Gasteiger partial charge in [-0.25, -0.2) is 9.78 Å². The van der Waals surface area contributed by atoms with Gasteiger partial charge in [-0.1, -0.05) is 18.2 Å². The topological polar surface area (TPSA) is 67.2 Å². The van der Waals surface area contributed by atoms with Gasteiger partial charge < -0.3 is 10.2 Å². The van der Waals surface area contributed by atoms with Crippen molar-refractivity contribution >= 4 is 22.6 Å². The molecule has 1 atom stereocenters. The molecule has 40 heavy (non-hydrogen) atoms. The van der Waals surface area contributed by atoms with Gasteiger partial charge in [-0.2, -0.15) is 26.3 Å². The summed E-state index contributed by atoms with van der Waals surface area (Å²) in [5.41, 5.74) is -1.50. The van der Waals surface area contributed by atoms with Crippen molar-refractivity contribution in [3.05, 3.63) is 99.1 Å². The standard InChI is InChI=1S/C28H24F6N4O2/c1-15-9-10-21(11-16(15)2)38-24(36-23-8-6-5-7-22(23)25(38)39)17(3)37(4)26(40)35-20-13-18(27(29,30)31)12-19(14-20)28(32,33)34/h5-14,17H,1-4H3,(H,35,40). The Kier molecular flexibility index (Phi) is 7.39. The smallest absolute Gasteiger partial charge is 0.318 e. The third-order valence-corrected chi connectivity index (χ3v) is 6.66.